The third-order valence-electron chi connectivity index (χ3n) is 3.16. The van der Waals surface area contributed by atoms with Gasteiger partial charge in [0.15, 0.2) is 0 Å². The molecule has 1 aromatic heterocycles. The monoisotopic (exact) mass is 279 g/mol. The Morgan fingerprint density at radius 2 is 2.00 bits per heavy atom. The molecule has 1 atom stereocenters. The highest BCUT2D eigenvalue weighted by Crippen LogP contribution is 2.16. The first kappa shape index (κ1) is 14.0. The molecule has 0 aliphatic carbocycles. The highest BCUT2D eigenvalue weighted by molar-refractivity contribution is 6.30. The number of hydrogen-bond donors (Lipinski definition) is 1. The van der Waals surface area contributed by atoms with Crippen LogP contribution in [0.15, 0.2) is 30.6 Å². The van der Waals surface area contributed by atoms with Crippen LogP contribution in [0.4, 0.5) is 0 Å². The molecular weight excluding hydrogens is 262 g/mol. The van der Waals surface area contributed by atoms with Gasteiger partial charge in [-0.3, -0.25) is 4.68 Å². The first-order valence-electron chi connectivity index (χ1n) is 6.45. The first-order chi connectivity index (χ1) is 9.22. The van der Waals surface area contributed by atoms with Gasteiger partial charge in [-0.05, 0) is 37.0 Å². The van der Waals surface area contributed by atoms with E-state index in [-0.39, 0.29) is 12.5 Å². The second kappa shape index (κ2) is 6.68. The van der Waals surface area contributed by atoms with E-state index in [9.17, 15) is 5.11 Å². The lowest BCUT2D eigenvalue weighted by Crippen LogP contribution is -2.16. The Morgan fingerprint density at radius 1 is 1.26 bits per heavy atom. The molecule has 1 unspecified atom stereocenters. The Balaban J connectivity index is 2.02. The van der Waals surface area contributed by atoms with Gasteiger partial charge >= 0.3 is 0 Å². The van der Waals surface area contributed by atoms with Gasteiger partial charge in [0.25, 0.3) is 0 Å². The second-order valence-corrected chi connectivity index (χ2v) is 5.01. The number of hydrogen-bond acceptors (Lipinski definition) is 3. The summed E-state index contributed by atoms with van der Waals surface area (Å²) in [7, 11) is 0. The molecule has 0 saturated heterocycles. The number of nitrogens with zero attached hydrogens (tertiary/aromatic N) is 3. The number of aliphatic hydroxyl groups is 1. The molecule has 0 aliphatic rings. The molecule has 1 aromatic carbocycles. The van der Waals surface area contributed by atoms with Gasteiger partial charge in [0, 0.05) is 24.6 Å². The third kappa shape index (κ3) is 3.78. The minimum Gasteiger partial charge on any atom is -0.396 e. The molecule has 5 heteroatoms. The Hall–Kier alpha value is -1.39. The zero-order valence-corrected chi connectivity index (χ0v) is 11.7. The van der Waals surface area contributed by atoms with Crippen molar-refractivity contribution in [3.05, 3.63) is 47.0 Å². The average Bonchev–Trinajstić information content (AvgIpc) is 2.87. The topological polar surface area (TPSA) is 50.9 Å². The van der Waals surface area contributed by atoms with Crippen LogP contribution in [0.25, 0.3) is 0 Å². The standard InChI is InChI=1S/C14H18ClN3O/c1-2-18-14(16-10-17-18)8-12(9-19)7-11-3-5-13(15)6-4-11/h3-6,10,12,19H,2,7-9H2,1H3. The van der Waals surface area contributed by atoms with Gasteiger partial charge in [0.2, 0.25) is 0 Å². The number of aryl methyl sites for hydroxylation is 1. The van der Waals surface area contributed by atoms with Crippen LogP contribution in [0.3, 0.4) is 0 Å². The molecule has 2 rings (SSSR count). The zero-order chi connectivity index (χ0) is 13.7. The van der Waals surface area contributed by atoms with E-state index < -0.39 is 0 Å². The fourth-order valence-corrected chi connectivity index (χ4v) is 2.25. The summed E-state index contributed by atoms with van der Waals surface area (Å²) in [4.78, 5) is 4.25. The van der Waals surface area contributed by atoms with Gasteiger partial charge in [-0.25, -0.2) is 4.98 Å². The van der Waals surface area contributed by atoms with Gasteiger partial charge in [-0.1, -0.05) is 23.7 Å². The molecule has 0 fully saturated rings. The van der Waals surface area contributed by atoms with Crippen LogP contribution < -0.4 is 0 Å². The van der Waals surface area contributed by atoms with Crippen LogP contribution >= 0.6 is 11.6 Å². The van der Waals surface area contributed by atoms with Crippen LogP contribution in [-0.4, -0.2) is 26.5 Å². The van der Waals surface area contributed by atoms with E-state index >= 15 is 0 Å². The summed E-state index contributed by atoms with van der Waals surface area (Å²) in [6.07, 6.45) is 3.10. The lowest BCUT2D eigenvalue weighted by atomic mass is 9.96. The number of aromatic nitrogens is 3. The van der Waals surface area contributed by atoms with Crippen molar-refractivity contribution in [3.63, 3.8) is 0 Å². The summed E-state index contributed by atoms with van der Waals surface area (Å²) in [6.45, 7) is 2.97. The van der Waals surface area contributed by atoms with Crippen molar-refractivity contribution in [2.75, 3.05) is 6.61 Å². The molecule has 1 heterocycles. The molecule has 0 radical (unpaired) electrons. The van der Waals surface area contributed by atoms with E-state index in [0.717, 1.165) is 30.2 Å². The molecule has 19 heavy (non-hydrogen) atoms. The maximum Gasteiger partial charge on any atom is 0.138 e. The quantitative estimate of drug-likeness (QED) is 0.883. The Morgan fingerprint density at radius 3 is 2.63 bits per heavy atom. The predicted octanol–water partition coefficient (Wildman–Crippen LogP) is 2.35. The van der Waals surface area contributed by atoms with Crippen LogP contribution in [0.2, 0.25) is 5.02 Å². The Labute approximate surface area is 118 Å². The van der Waals surface area contributed by atoms with Crippen LogP contribution in [0.1, 0.15) is 18.3 Å². The normalized spacial score (nSPS) is 12.6. The molecule has 0 aliphatic heterocycles. The molecule has 0 bridgehead atoms. The van der Waals surface area contributed by atoms with Crippen LogP contribution in [-0.2, 0) is 19.4 Å². The summed E-state index contributed by atoms with van der Waals surface area (Å²) < 4.78 is 1.87. The first-order valence-corrected chi connectivity index (χ1v) is 6.82. The van der Waals surface area contributed by atoms with Crippen molar-refractivity contribution >= 4 is 11.6 Å². The van der Waals surface area contributed by atoms with Crippen molar-refractivity contribution in [2.45, 2.75) is 26.3 Å². The van der Waals surface area contributed by atoms with E-state index in [2.05, 4.69) is 10.1 Å². The summed E-state index contributed by atoms with van der Waals surface area (Å²) in [5.74, 6) is 1.08. The van der Waals surface area contributed by atoms with Crippen molar-refractivity contribution in [1.29, 1.82) is 0 Å². The van der Waals surface area contributed by atoms with Gasteiger partial charge in [0.05, 0.1) is 0 Å². The highest BCUT2D eigenvalue weighted by Gasteiger charge is 2.13. The summed E-state index contributed by atoms with van der Waals surface area (Å²) in [6, 6.07) is 7.74. The molecule has 1 N–H and O–H groups in total. The largest absolute Gasteiger partial charge is 0.396 e. The van der Waals surface area contributed by atoms with Gasteiger partial charge in [-0.15, -0.1) is 0 Å². The van der Waals surface area contributed by atoms with Crippen molar-refractivity contribution < 1.29 is 5.11 Å². The fraction of sp³-hybridized carbons (Fsp3) is 0.429. The van der Waals surface area contributed by atoms with Crippen molar-refractivity contribution in [2.24, 2.45) is 5.92 Å². The minimum atomic E-state index is 0.138. The summed E-state index contributed by atoms with van der Waals surface area (Å²) in [5, 5.41) is 14.4. The van der Waals surface area contributed by atoms with Crippen molar-refractivity contribution in [3.8, 4) is 0 Å². The van der Waals surface area contributed by atoms with Crippen LogP contribution in [0.5, 0.6) is 0 Å². The molecule has 102 valence electrons. The third-order valence-corrected chi connectivity index (χ3v) is 3.41. The SMILES string of the molecule is CCn1ncnc1CC(CO)Cc1ccc(Cl)cc1. The lowest BCUT2D eigenvalue weighted by molar-refractivity contribution is 0.222. The molecule has 2 aromatic rings. The van der Waals surface area contributed by atoms with Gasteiger partial charge in [-0.2, -0.15) is 5.10 Å². The molecule has 0 spiro atoms. The van der Waals surface area contributed by atoms with Gasteiger partial charge in [0.1, 0.15) is 12.2 Å². The maximum atomic E-state index is 9.52. The van der Waals surface area contributed by atoms with E-state index in [1.165, 1.54) is 5.56 Å². The smallest absolute Gasteiger partial charge is 0.138 e. The number of benzene rings is 1. The maximum absolute atomic E-state index is 9.52. The summed E-state index contributed by atoms with van der Waals surface area (Å²) in [5.41, 5.74) is 1.17. The number of aliphatic hydroxyl groups excluding tert-OH is 1. The Kier molecular flexibility index (Phi) is 4.93. The molecule has 0 amide bonds. The number of halogens is 1. The minimum absolute atomic E-state index is 0.138. The lowest BCUT2D eigenvalue weighted by Gasteiger charge is -2.14. The van der Waals surface area contributed by atoms with E-state index in [1.807, 2.05) is 35.9 Å². The van der Waals surface area contributed by atoms with Gasteiger partial charge < -0.3 is 5.11 Å². The average molecular weight is 280 g/mol. The van der Waals surface area contributed by atoms with Crippen molar-refractivity contribution in [1.82, 2.24) is 14.8 Å². The van der Waals surface area contributed by atoms with E-state index in [0.29, 0.717) is 0 Å². The predicted molar refractivity (Wildman–Crippen MR) is 75.1 cm³/mol. The van der Waals surface area contributed by atoms with E-state index in [1.54, 1.807) is 6.33 Å². The Bertz CT molecular complexity index is 510. The van der Waals surface area contributed by atoms with E-state index in [4.69, 9.17) is 11.6 Å². The molecular formula is C14H18ClN3O. The molecule has 4 nitrogen and oxygen atoms in total. The highest BCUT2D eigenvalue weighted by atomic mass is 35.5. The van der Waals surface area contributed by atoms with Crippen LogP contribution in [0, 0.1) is 5.92 Å². The molecule has 0 saturated carbocycles. The second-order valence-electron chi connectivity index (χ2n) is 4.58. The summed E-state index contributed by atoms with van der Waals surface area (Å²) >= 11 is 5.87. The fourth-order valence-electron chi connectivity index (χ4n) is 2.12. The zero-order valence-electron chi connectivity index (χ0n) is 11.0. The number of rotatable bonds is 6.